The highest BCUT2D eigenvalue weighted by molar-refractivity contribution is 7.27. The summed E-state index contributed by atoms with van der Waals surface area (Å²) in [6.45, 7) is 7.30. The summed E-state index contributed by atoms with van der Waals surface area (Å²) in [7, 11) is -1.38. The number of hydrogen-bond acceptors (Lipinski definition) is 1. The van der Waals surface area contributed by atoms with Crippen LogP contribution in [0.2, 0.25) is 19.6 Å². The highest BCUT2D eigenvalue weighted by Gasteiger charge is 2.19. The van der Waals surface area contributed by atoms with Gasteiger partial charge in [0, 0.05) is 25.6 Å². The van der Waals surface area contributed by atoms with Crippen LogP contribution < -0.4 is 5.19 Å². The van der Waals surface area contributed by atoms with E-state index in [2.05, 4.69) is 147 Å². The molecule has 0 bridgehead atoms. The van der Waals surface area contributed by atoms with E-state index in [1.807, 2.05) is 11.3 Å². The van der Waals surface area contributed by atoms with Crippen LogP contribution in [-0.4, -0.2) is 8.07 Å². The van der Waals surface area contributed by atoms with Gasteiger partial charge in [0.2, 0.25) is 0 Å². The summed E-state index contributed by atoms with van der Waals surface area (Å²) in [6.07, 6.45) is 0. The minimum atomic E-state index is -1.38. The second kappa shape index (κ2) is 9.14. The lowest BCUT2D eigenvalue weighted by molar-refractivity contribution is 1.62. The summed E-state index contributed by atoms with van der Waals surface area (Å²) in [5, 5.41) is 12.3. The third kappa shape index (κ3) is 3.94. The van der Waals surface area contributed by atoms with Gasteiger partial charge in [-0.2, -0.15) is 0 Å². The van der Waals surface area contributed by atoms with Crippen molar-refractivity contribution in [3.05, 3.63) is 127 Å². The largest absolute Gasteiger partial charge is 0.135 e. The van der Waals surface area contributed by atoms with Crippen molar-refractivity contribution in [2.45, 2.75) is 19.6 Å². The average molecular weight is 559 g/mol. The number of rotatable bonds is 3. The van der Waals surface area contributed by atoms with Crippen molar-refractivity contribution in [2.24, 2.45) is 0 Å². The Bertz CT molecular complexity index is 2280. The Morgan fingerprint density at radius 3 is 1.93 bits per heavy atom. The van der Waals surface area contributed by atoms with Gasteiger partial charge in [-0.05, 0) is 61.3 Å². The molecule has 0 spiro atoms. The number of hydrogen-bond donors (Lipinski definition) is 0. The van der Waals surface area contributed by atoms with Gasteiger partial charge in [-0.25, -0.2) is 0 Å². The maximum atomic E-state index is 2.47. The molecule has 8 rings (SSSR count). The maximum Gasteiger partial charge on any atom is 0.0776 e. The minimum Gasteiger partial charge on any atom is -0.135 e. The van der Waals surface area contributed by atoms with Crippen molar-refractivity contribution in [1.29, 1.82) is 0 Å². The van der Waals surface area contributed by atoms with Crippen molar-refractivity contribution in [1.82, 2.24) is 0 Å². The molecule has 0 aliphatic heterocycles. The molecule has 0 radical (unpaired) electrons. The molecule has 0 unspecified atom stereocenters. The number of benzene rings is 7. The van der Waals surface area contributed by atoms with Gasteiger partial charge in [-0.15, -0.1) is 11.3 Å². The zero-order valence-corrected chi connectivity index (χ0v) is 25.3. The van der Waals surface area contributed by atoms with Gasteiger partial charge in [-0.1, -0.05) is 140 Å². The third-order valence-corrected chi connectivity index (χ3v) is 11.9. The van der Waals surface area contributed by atoms with Crippen LogP contribution in [0.25, 0.3) is 74.7 Å². The fourth-order valence-electron chi connectivity index (χ4n) is 6.42. The molecule has 7 aromatic carbocycles. The molecule has 1 aromatic heterocycles. The number of fused-ring (bicyclic) bond motifs is 9. The van der Waals surface area contributed by atoms with E-state index in [4.69, 9.17) is 0 Å². The molecule has 1 heterocycles. The van der Waals surface area contributed by atoms with E-state index in [-0.39, 0.29) is 0 Å². The van der Waals surface area contributed by atoms with Crippen LogP contribution in [0.5, 0.6) is 0 Å². The Balaban J connectivity index is 1.30. The summed E-state index contributed by atoms with van der Waals surface area (Å²) < 4.78 is 2.81. The molecule has 0 saturated carbocycles. The summed E-state index contributed by atoms with van der Waals surface area (Å²) in [6, 6.07) is 47.5. The van der Waals surface area contributed by atoms with Crippen molar-refractivity contribution in [3.63, 3.8) is 0 Å². The van der Waals surface area contributed by atoms with E-state index in [1.165, 1.54) is 79.9 Å². The van der Waals surface area contributed by atoms with Gasteiger partial charge in [0.25, 0.3) is 0 Å². The molecule has 0 aliphatic carbocycles. The van der Waals surface area contributed by atoms with Crippen LogP contribution >= 0.6 is 11.3 Å². The quantitative estimate of drug-likeness (QED) is 0.149. The lowest BCUT2D eigenvalue weighted by Gasteiger charge is -2.16. The second-order valence-corrected chi connectivity index (χ2v) is 18.3. The zero-order valence-electron chi connectivity index (χ0n) is 23.5. The Kier molecular flexibility index (Phi) is 5.47. The first-order chi connectivity index (χ1) is 20.0. The molecular weight excluding hydrogens is 529 g/mol. The van der Waals surface area contributed by atoms with E-state index in [0.717, 1.165) is 0 Å². The predicted molar refractivity (Wildman–Crippen MR) is 186 cm³/mol. The average Bonchev–Trinajstić information content (AvgIpc) is 3.40. The third-order valence-electron chi connectivity index (χ3n) is 8.63. The molecule has 8 aromatic rings. The second-order valence-electron chi connectivity index (χ2n) is 12.2. The Morgan fingerprint density at radius 2 is 1.12 bits per heavy atom. The standard InChI is InChI=1S/C39H30SSi/c1-41(2,3)29-20-22-35-37(24-29)40-39-34-21-19-28(23-36(34)32-12-6-7-13-33(32)38(35)39)25-15-17-27(18-16-25)31-14-8-10-26-9-4-5-11-30(26)31/h4-24H,1-3H3. The molecule has 0 nitrogen and oxygen atoms in total. The molecule has 196 valence electrons. The van der Waals surface area contributed by atoms with Crippen molar-refractivity contribution in [2.75, 3.05) is 0 Å². The van der Waals surface area contributed by atoms with Gasteiger partial charge < -0.3 is 0 Å². The van der Waals surface area contributed by atoms with E-state index >= 15 is 0 Å². The van der Waals surface area contributed by atoms with Crippen molar-refractivity contribution < 1.29 is 0 Å². The van der Waals surface area contributed by atoms with E-state index in [9.17, 15) is 0 Å². The summed E-state index contributed by atoms with van der Waals surface area (Å²) in [5.74, 6) is 0. The molecule has 2 heteroatoms. The maximum absolute atomic E-state index is 2.47. The van der Waals surface area contributed by atoms with E-state index < -0.39 is 8.07 Å². The van der Waals surface area contributed by atoms with Gasteiger partial charge in [0.15, 0.2) is 0 Å². The first-order valence-corrected chi connectivity index (χ1v) is 18.7. The van der Waals surface area contributed by atoms with Gasteiger partial charge in [0.1, 0.15) is 0 Å². The Labute approximate surface area is 245 Å². The molecule has 0 atom stereocenters. The minimum absolute atomic E-state index is 1.25. The van der Waals surface area contributed by atoms with Crippen LogP contribution in [0, 0.1) is 0 Å². The Morgan fingerprint density at radius 1 is 0.463 bits per heavy atom. The van der Waals surface area contributed by atoms with Gasteiger partial charge in [0.05, 0.1) is 8.07 Å². The first-order valence-electron chi connectivity index (χ1n) is 14.4. The lowest BCUT2D eigenvalue weighted by atomic mass is 9.93. The van der Waals surface area contributed by atoms with E-state index in [0.29, 0.717) is 0 Å². The zero-order chi connectivity index (χ0) is 27.7. The molecule has 41 heavy (non-hydrogen) atoms. The van der Waals surface area contributed by atoms with Crippen LogP contribution in [0.1, 0.15) is 0 Å². The predicted octanol–water partition coefficient (Wildman–Crippen LogP) is 11.4. The van der Waals surface area contributed by atoms with Crippen molar-refractivity contribution in [3.8, 4) is 22.3 Å². The fraction of sp³-hybridized carbons (Fsp3) is 0.0769. The molecule has 0 aliphatic rings. The molecule has 0 N–H and O–H groups in total. The van der Waals surface area contributed by atoms with Gasteiger partial charge in [-0.3, -0.25) is 0 Å². The fourth-order valence-corrected chi connectivity index (χ4v) is 8.98. The summed E-state index contributed by atoms with van der Waals surface area (Å²) in [5.41, 5.74) is 5.04. The normalized spacial score (nSPS) is 12.3. The topological polar surface area (TPSA) is 0 Å². The van der Waals surface area contributed by atoms with Crippen molar-refractivity contribution >= 4 is 77.1 Å². The van der Waals surface area contributed by atoms with E-state index in [1.54, 1.807) is 0 Å². The molecule has 0 saturated heterocycles. The Hall–Kier alpha value is -4.24. The summed E-state index contributed by atoms with van der Waals surface area (Å²) in [4.78, 5) is 0. The highest BCUT2D eigenvalue weighted by atomic mass is 32.1. The summed E-state index contributed by atoms with van der Waals surface area (Å²) >= 11 is 1.96. The molecule has 0 amide bonds. The smallest absolute Gasteiger partial charge is 0.0776 e. The first kappa shape index (κ1) is 24.5. The van der Waals surface area contributed by atoms with Crippen LogP contribution in [-0.2, 0) is 0 Å². The van der Waals surface area contributed by atoms with Crippen LogP contribution in [0.4, 0.5) is 0 Å². The molecule has 0 fully saturated rings. The van der Waals surface area contributed by atoms with Gasteiger partial charge >= 0.3 is 0 Å². The monoisotopic (exact) mass is 558 g/mol. The SMILES string of the molecule is C[Si](C)(C)c1ccc2c(c1)sc1c3ccc(-c4ccc(-c5cccc6ccccc56)cc4)cc3c3ccccc3c21. The molecular formula is C39H30SSi. The lowest BCUT2D eigenvalue weighted by Crippen LogP contribution is -2.37. The van der Waals surface area contributed by atoms with Crippen LogP contribution in [0.15, 0.2) is 127 Å². The number of thiophene rings is 1. The highest BCUT2D eigenvalue weighted by Crippen LogP contribution is 2.44. The van der Waals surface area contributed by atoms with Crippen LogP contribution in [0.3, 0.4) is 0 Å².